The minimum Gasteiger partial charge on any atom is -0.333 e. The van der Waals surface area contributed by atoms with Crippen LogP contribution in [0, 0.1) is 5.92 Å². The molecule has 0 saturated heterocycles. The lowest BCUT2D eigenvalue weighted by atomic mass is 9.92. The molecule has 0 fully saturated rings. The number of hydrogen-bond acceptors (Lipinski definition) is 3. The molecule has 1 aromatic heterocycles. The molecule has 6 nitrogen and oxygen atoms in total. The SMILES string of the molecule is CCCCC(CC)C(=O)N(CCC)CC(=O)Nc1cc(C(C)(C)C)nn1C. The summed E-state index contributed by atoms with van der Waals surface area (Å²) in [6.07, 6.45) is 4.67. The van der Waals surface area contributed by atoms with Gasteiger partial charge < -0.3 is 10.2 Å². The van der Waals surface area contributed by atoms with Crippen LogP contribution in [0.5, 0.6) is 0 Å². The minimum atomic E-state index is -0.175. The number of aryl methyl sites for hydroxylation is 1. The lowest BCUT2D eigenvalue weighted by molar-refractivity contribution is -0.138. The maximum Gasteiger partial charge on any atom is 0.245 e. The lowest BCUT2D eigenvalue weighted by Crippen LogP contribution is -2.41. The van der Waals surface area contributed by atoms with Crippen molar-refractivity contribution in [2.24, 2.45) is 13.0 Å². The van der Waals surface area contributed by atoms with Gasteiger partial charge in [-0.25, -0.2) is 0 Å². The van der Waals surface area contributed by atoms with Crippen LogP contribution < -0.4 is 5.32 Å². The third-order valence-electron chi connectivity index (χ3n) is 4.80. The average molecular weight is 379 g/mol. The van der Waals surface area contributed by atoms with Crippen LogP contribution in [0.25, 0.3) is 0 Å². The molecule has 0 aliphatic heterocycles. The van der Waals surface area contributed by atoms with Gasteiger partial charge in [-0.05, 0) is 19.3 Å². The van der Waals surface area contributed by atoms with Crippen LogP contribution in [0.3, 0.4) is 0 Å². The van der Waals surface area contributed by atoms with Gasteiger partial charge in [-0.2, -0.15) is 5.10 Å². The van der Waals surface area contributed by atoms with Crippen LogP contribution in [-0.2, 0) is 22.1 Å². The number of unbranched alkanes of at least 4 members (excludes halogenated alkanes) is 1. The molecule has 2 amide bonds. The summed E-state index contributed by atoms with van der Waals surface area (Å²) in [7, 11) is 1.82. The van der Waals surface area contributed by atoms with E-state index in [-0.39, 0.29) is 29.7 Å². The number of nitrogens with zero attached hydrogens (tertiary/aromatic N) is 3. The molecule has 0 aliphatic rings. The highest BCUT2D eigenvalue weighted by Gasteiger charge is 2.25. The first-order valence-corrected chi connectivity index (χ1v) is 10.3. The van der Waals surface area contributed by atoms with E-state index in [1.165, 1.54) is 0 Å². The molecule has 27 heavy (non-hydrogen) atoms. The Morgan fingerprint density at radius 2 is 1.89 bits per heavy atom. The van der Waals surface area contributed by atoms with Gasteiger partial charge in [0.1, 0.15) is 5.82 Å². The predicted molar refractivity (Wildman–Crippen MR) is 111 cm³/mol. The van der Waals surface area contributed by atoms with E-state index >= 15 is 0 Å². The number of carbonyl (C=O) groups excluding carboxylic acids is 2. The van der Waals surface area contributed by atoms with E-state index in [1.54, 1.807) is 9.58 Å². The predicted octanol–water partition coefficient (Wildman–Crippen LogP) is 4.11. The van der Waals surface area contributed by atoms with Gasteiger partial charge >= 0.3 is 0 Å². The van der Waals surface area contributed by atoms with Crippen LogP contribution in [-0.4, -0.2) is 39.6 Å². The van der Waals surface area contributed by atoms with Crippen molar-refractivity contribution in [3.05, 3.63) is 11.8 Å². The fourth-order valence-corrected chi connectivity index (χ4v) is 3.05. The Balaban J connectivity index is 2.81. The second-order valence-corrected chi connectivity index (χ2v) is 8.34. The van der Waals surface area contributed by atoms with Crippen molar-refractivity contribution < 1.29 is 9.59 Å². The molecule has 1 aromatic rings. The Morgan fingerprint density at radius 1 is 1.22 bits per heavy atom. The second kappa shape index (κ2) is 10.5. The molecule has 154 valence electrons. The van der Waals surface area contributed by atoms with E-state index in [2.05, 4.69) is 38.1 Å². The van der Waals surface area contributed by atoms with E-state index in [4.69, 9.17) is 0 Å². The normalized spacial score (nSPS) is 12.7. The smallest absolute Gasteiger partial charge is 0.245 e. The first-order chi connectivity index (χ1) is 12.6. The second-order valence-electron chi connectivity index (χ2n) is 8.34. The molecule has 1 unspecified atom stereocenters. The van der Waals surface area contributed by atoms with E-state index in [1.807, 2.05) is 27.0 Å². The van der Waals surface area contributed by atoms with Crippen molar-refractivity contribution in [1.29, 1.82) is 0 Å². The summed E-state index contributed by atoms with van der Waals surface area (Å²) >= 11 is 0. The summed E-state index contributed by atoms with van der Waals surface area (Å²) in [5.41, 5.74) is 0.839. The molecule has 1 atom stereocenters. The van der Waals surface area contributed by atoms with Gasteiger partial charge in [0, 0.05) is 31.0 Å². The van der Waals surface area contributed by atoms with Crippen LogP contribution in [0.2, 0.25) is 0 Å². The molecule has 0 radical (unpaired) electrons. The summed E-state index contributed by atoms with van der Waals surface area (Å²) in [6.45, 7) is 13.2. The van der Waals surface area contributed by atoms with Gasteiger partial charge in [0.2, 0.25) is 11.8 Å². The molecule has 0 spiro atoms. The molecular formula is C21H38N4O2. The van der Waals surface area contributed by atoms with Gasteiger partial charge in [0.15, 0.2) is 0 Å². The zero-order valence-corrected chi connectivity index (χ0v) is 18.3. The molecule has 0 saturated carbocycles. The van der Waals surface area contributed by atoms with Crippen LogP contribution in [0.1, 0.15) is 79.3 Å². The van der Waals surface area contributed by atoms with Gasteiger partial charge in [-0.15, -0.1) is 0 Å². The zero-order chi connectivity index (χ0) is 20.6. The first-order valence-electron chi connectivity index (χ1n) is 10.3. The van der Waals surface area contributed by atoms with Gasteiger partial charge in [-0.1, -0.05) is 54.4 Å². The molecule has 6 heteroatoms. The van der Waals surface area contributed by atoms with Crippen molar-refractivity contribution in [1.82, 2.24) is 14.7 Å². The van der Waals surface area contributed by atoms with Crippen molar-refractivity contribution in [2.45, 2.75) is 79.1 Å². The van der Waals surface area contributed by atoms with E-state index < -0.39 is 0 Å². The van der Waals surface area contributed by atoms with Crippen LogP contribution in [0.4, 0.5) is 5.82 Å². The maximum atomic E-state index is 12.9. The average Bonchev–Trinajstić information content (AvgIpc) is 2.96. The zero-order valence-electron chi connectivity index (χ0n) is 18.3. The molecule has 0 aromatic carbocycles. The number of carbonyl (C=O) groups is 2. The number of rotatable bonds is 10. The summed E-state index contributed by atoms with van der Waals surface area (Å²) < 4.78 is 1.68. The minimum absolute atomic E-state index is 0.00787. The topological polar surface area (TPSA) is 67.2 Å². The monoisotopic (exact) mass is 378 g/mol. The fraction of sp³-hybridized carbons (Fsp3) is 0.762. The van der Waals surface area contributed by atoms with Crippen LogP contribution in [0.15, 0.2) is 6.07 Å². The first kappa shape index (κ1) is 23.2. The fourth-order valence-electron chi connectivity index (χ4n) is 3.05. The quantitative estimate of drug-likeness (QED) is 0.666. The largest absolute Gasteiger partial charge is 0.333 e. The van der Waals surface area contributed by atoms with Crippen molar-refractivity contribution in [3.8, 4) is 0 Å². The Labute approximate surface area is 164 Å². The van der Waals surface area contributed by atoms with E-state index in [9.17, 15) is 9.59 Å². The molecule has 0 aliphatic carbocycles. The Morgan fingerprint density at radius 3 is 2.37 bits per heavy atom. The van der Waals surface area contributed by atoms with Crippen LogP contribution >= 0.6 is 0 Å². The van der Waals surface area contributed by atoms with Crippen molar-refractivity contribution in [3.63, 3.8) is 0 Å². The lowest BCUT2D eigenvalue weighted by Gasteiger charge is -2.26. The maximum absolute atomic E-state index is 12.9. The molecule has 1 rings (SSSR count). The van der Waals surface area contributed by atoms with E-state index in [0.29, 0.717) is 12.4 Å². The Hall–Kier alpha value is -1.85. The van der Waals surface area contributed by atoms with Gasteiger partial charge in [0.25, 0.3) is 0 Å². The van der Waals surface area contributed by atoms with Gasteiger partial charge in [0.05, 0.1) is 12.2 Å². The number of anilines is 1. The third kappa shape index (κ3) is 7.00. The van der Waals surface area contributed by atoms with Crippen molar-refractivity contribution >= 4 is 17.6 Å². The summed E-state index contributed by atoms with van der Waals surface area (Å²) in [4.78, 5) is 27.2. The summed E-state index contributed by atoms with van der Waals surface area (Å²) in [6, 6.07) is 1.90. The molecule has 1 heterocycles. The molecule has 1 N–H and O–H groups in total. The van der Waals surface area contributed by atoms with Gasteiger partial charge in [-0.3, -0.25) is 14.3 Å². The summed E-state index contributed by atoms with van der Waals surface area (Å²) in [5, 5.41) is 7.40. The summed E-state index contributed by atoms with van der Waals surface area (Å²) in [5.74, 6) is 0.592. The number of amides is 2. The Bertz CT molecular complexity index is 616. The number of aromatic nitrogens is 2. The highest BCUT2D eigenvalue weighted by Crippen LogP contribution is 2.23. The number of hydrogen-bond donors (Lipinski definition) is 1. The molecule has 0 bridgehead atoms. The number of nitrogens with one attached hydrogen (secondary N) is 1. The third-order valence-corrected chi connectivity index (χ3v) is 4.80. The highest BCUT2D eigenvalue weighted by atomic mass is 16.2. The van der Waals surface area contributed by atoms with Crippen molar-refractivity contribution in [2.75, 3.05) is 18.4 Å². The van der Waals surface area contributed by atoms with E-state index in [0.717, 1.165) is 37.8 Å². The highest BCUT2D eigenvalue weighted by molar-refractivity contribution is 5.94. The standard InChI is InChI=1S/C21H38N4O2/c1-8-11-12-16(10-3)20(27)25(13-9-2)15-19(26)22-18-14-17(21(4,5)6)23-24(18)7/h14,16H,8-13,15H2,1-7H3,(H,22,26). The molecular weight excluding hydrogens is 340 g/mol. The Kier molecular flexibility index (Phi) is 9.00.